The first-order chi connectivity index (χ1) is 8.50. The van der Waals surface area contributed by atoms with E-state index in [1.54, 1.807) is 0 Å². The maximum absolute atomic E-state index is 13.9. The first kappa shape index (κ1) is 12.6. The van der Waals surface area contributed by atoms with Crippen molar-refractivity contribution < 1.29 is 13.2 Å². The zero-order valence-corrected chi connectivity index (χ0v) is 9.75. The summed E-state index contributed by atoms with van der Waals surface area (Å²) in [7, 11) is 0. The topological polar surface area (TPSA) is 26.0 Å². The van der Waals surface area contributed by atoms with Gasteiger partial charge >= 0.3 is 0 Å². The van der Waals surface area contributed by atoms with Gasteiger partial charge in [-0.3, -0.25) is 0 Å². The van der Waals surface area contributed by atoms with E-state index in [2.05, 4.69) is 0 Å². The summed E-state index contributed by atoms with van der Waals surface area (Å²) in [6.07, 6.45) is 0. The highest BCUT2D eigenvalue weighted by molar-refractivity contribution is 5.36. The Morgan fingerprint density at radius 2 is 1.56 bits per heavy atom. The highest BCUT2D eigenvalue weighted by Gasteiger charge is 2.19. The summed E-state index contributed by atoms with van der Waals surface area (Å²) in [5.41, 5.74) is 6.42. The van der Waals surface area contributed by atoms with E-state index < -0.39 is 23.5 Å². The molecule has 4 heteroatoms. The van der Waals surface area contributed by atoms with Crippen molar-refractivity contribution in [2.75, 3.05) is 0 Å². The van der Waals surface area contributed by atoms with Crippen LogP contribution in [-0.4, -0.2) is 0 Å². The normalized spacial score (nSPS) is 12.5. The maximum atomic E-state index is 13.9. The van der Waals surface area contributed by atoms with Gasteiger partial charge in [-0.15, -0.1) is 0 Å². The summed E-state index contributed by atoms with van der Waals surface area (Å²) in [5, 5.41) is 0. The van der Waals surface area contributed by atoms with Crippen molar-refractivity contribution in [1.82, 2.24) is 0 Å². The molecule has 0 amide bonds. The Morgan fingerprint density at radius 1 is 0.944 bits per heavy atom. The van der Waals surface area contributed by atoms with Gasteiger partial charge in [0.05, 0.1) is 6.04 Å². The molecule has 0 spiro atoms. The number of aryl methyl sites for hydroxylation is 1. The summed E-state index contributed by atoms with van der Waals surface area (Å²) in [4.78, 5) is 0. The third kappa shape index (κ3) is 2.24. The molecule has 1 atom stereocenters. The van der Waals surface area contributed by atoms with Crippen LogP contribution in [0.4, 0.5) is 13.2 Å². The predicted octanol–water partition coefficient (Wildman–Crippen LogP) is 3.46. The van der Waals surface area contributed by atoms with E-state index in [9.17, 15) is 13.2 Å². The van der Waals surface area contributed by atoms with Crippen LogP contribution in [0.15, 0.2) is 36.4 Å². The molecule has 2 N–H and O–H groups in total. The number of hydrogen-bond acceptors (Lipinski definition) is 1. The molecule has 2 aromatic rings. The first-order valence-electron chi connectivity index (χ1n) is 5.46. The van der Waals surface area contributed by atoms with Crippen LogP contribution in [0.25, 0.3) is 0 Å². The SMILES string of the molecule is Cc1ccc(F)c(C(N)c2ccc(F)cc2)c1F. The Labute approximate surface area is 103 Å². The van der Waals surface area contributed by atoms with E-state index in [-0.39, 0.29) is 5.56 Å². The summed E-state index contributed by atoms with van der Waals surface area (Å²) in [5.74, 6) is -1.78. The second-order valence-electron chi connectivity index (χ2n) is 4.12. The van der Waals surface area contributed by atoms with Crippen molar-refractivity contribution in [2.45, 2.75) is 13.0 Å². The zero-order valence-electron chi connectivity index (χ0n) is 9.75. The molecule has 0 aromatic heterocycles. The largest absolute Gasteiger partial charge is 0.320 e. The molecule has 94 valence electrons. The average Bonchev–Trinajstić information content (AvgIpc) is 2.35. The third-order valence-electron chi connectivity index (χ3n) is 2.86. The number of halogens is 3. The standard InChI is InChI=1S/C14H12F3N/c1-8-2-7-11(16)12(13(8)17)14(18)9-3-5-10(15)6-4-9/h2-7,14H,18H2,1H3. The quantitative estimate of drug-likeness (QED) is 0.869. The van der Waals surface area contributed by atoms with Crippen molar-refractivity contribution in [3.8, 4) is 0 Å². The lowest BCUT2D eigenvalue weighted by molar-refractivity contribution is 0.538. The van der Waals surface area contributed by atoms with Gasteiger partial charge in [-0.25, -0.2) is 13.2 Å². The van der Waals surface area contributed by atoms with E-state index in [0.29, 0.717) is 11.1 Å². The van der Waals surface area contributed by atoms with Crippen molar-refractivity contribution in [2.24, 2.45) is 5.73 Å². The minimum atomic E-state index is -0.953. The number of benzene rings is 2. The number of nitrogens with two attached hydrogens (primary N) is 1. The second kappa shape index (κ2) is 4.82. The molecule has 0 fully saturated rings. The van der Waals surface area contributed by atoms with E-state index in [1.165, 1.54) is 43.3 Å². The predicted molar refractivity (Wildman–Crippen MR) is 63.5 cm³/mol. The van der Waals surface area contributed by atoms with Gasteiger partial charge in [0.1, 0.15) is 17.5 Å². The minimum absolute atomic E-state index is 0.193. The van der Waals surface area contributed by atoms with Crippen LogP contribution in [0.2, 0.25) is 0 Å². The lowest BCUT2D eigenvalue weighted by Crippen LogP contribution is -2.16. The molecular formula is C14H12F3N. The van der Waals surface area contributed by atoms with Gasteiger partial charge in [-0.1, -0.05) is 18.2 Å². The summed E-state index contributed by atoms with van der Waals surface area (Å²) >= 11 is 0. The Kier molecular flexibility index (Phi) is 3.39. The van der Waals surface area contributed by atoms with Gasteiger partial charge in [0.2, 0.25) is 0 Å². The van der Waals surface area contributed by atoms with Gasteiger partial charge in [0.15, 0.2) is 0 Å². The van der Waals surface area contributed by atoms with Gasteiger partial charge in [0, 0.05) is 5.56 Å². The highest BCUT2D eigenvalue weighted by Crippen LogP contribution is 2.26. The highest BCUT2D eigenvalue weighted by atomic mass is 19.1. The molecule has 0 radical (unpaired) electrons. The molecule has 18 heavy (non-hydrogen) atoms. The van der Waals surface area contributed by atoms with Crippen molar-refractivity contribution >= 4 is 0 Å². The van der Waals surface area contributed by atoms with Crippen LogP contribution in [0, 0.1) is 24.4 Å². The fourth-order valence-corrected chi connectivity index (χ4v) is 1.80. The average molecular weight is 251 g/mol. The summed E-state index contributed by atoms with van der Waals surface area (Å²) in [6, 6.07) is 6.83. The molecule has 2 aromatic carbocycles. The molecular weight excluding hydrogens is 239 g/mol. The van der Waals surface area contributed by atoms with Crippen molar-refractivity contribution in [1.29, 1.82) is 0 Å². The Bertz CT molecular complexity index is 564. The number of hydrogen-bond donors (Lipinski definition) is 1. The Balaban J connectivity index is 2.49. The molecule has 0 bridgehead atoms. The first-order valence-corrected chi connectivity index (χ1v) is 5.46. The summed E-state index contributed by atoms with van der Waals surface area (Å²) < 4.78 is 40.3. The monoisotopic (exact) mass is 251 g/mol. The molecule has 1 nitrogen and oxygen atoms in total. The van der Waals surface area contributed by atoms with E-state index in [1.807, 2.05) is 0 Å². The van der Waals surface area contributed by atoms with E-state index in [4.69, 9.17) is 5.73 Å². The Hall–Kier alpha value is -1.81. The smallest absolute Gasteiger partial charge is 0.134 e. The number of rotatable bonds is 2. The molecule has 0 aliphatic carbocycles. The summed E-state index contributed by atoms with van der Waals surface area (Å²) in [6.45, 7) is 1.54. The lowest BCUT2D eigenvalue weighted by Gasteiger charge is -2.15. The van der Waals surface area contributed by atoms with Gasteiger partial charge in [-0.2, -0.15) is 0 Å². The minimum Gasteiger partial charge on any atom is -0.320 e. The van der Waals surface area contributed by atoms with Crippen LogP contribution in [0.3, 0.4) is 0 Å². The van der Waals surface area contributed by atoms with Gasteiger partial charge in [0.25, 0.3) is 0 Å². The van der Waals surface area contributed by atoms with Gasteiger partial charge < -0.3 is 5.73 Å². The molecule has 0 aliphatic rings. The second-order valence-corrected chi connectivity index (χ2v) is 4.12. The zero-order chi connectivity index (χ0) is 13.3. The van der Waals surface area contributed by atoms with Gasteiger partial charge in [-0.05, 0) is 36.2 Å². The molecule has 0 heterocycles. The van der Waals surface area contributed by atoms with Crippen molar-refractivity contribution in [3.63, 3.8) is 0 Å². The molecule has 1 unspecified atom stereocenters. The van der Waals surface area contributed by atoms with Crippen LogP contribution in [0.5, 0.6) is 0 Å². The van der Waals surface area contributed by atoms with Crippen LogP contribution < -0.4 is 5.73 Å². The van der Waals surface area contributed by atoms with Crippen LogP contribution in [0.1, 0.15) is 22.7 Å². The molecule has 0 saturated carbocycles. The fourth-order valence-electron chi connectivity index (χ4n) is 1.80. The molecule has 0 aliphatic heterocycles. The van der Waals surface area contributed by atoms with E-state index in [0.717, 1.165) is 0 Å². The third-order valence-corrected chi connectivity index (χ3v) is 2.86. The van der Waals surface area contributed by atoms with Crippen LogP contribution in [-0.2, 0) is 0 Å². The Morgan fingerprint density at radius 3 is 2.17 bits per heavy atom. The lowest BCUT2D eigenvalue weighted by atomic mass is 9.97. The molecule has 0 saturated heterocycles. The maximum Gasteiger partial charge on any atom is 0.134 e. The van der Waals surface area contributed by atoms with E-state index >= 15 is 0 Å². The molecule has 2 rings (SSSR count). The van der Waals surface area contributed by atoms with Crippen molar-refractivity contribution in [3.05, 3.63) is 70.5 Å². The fraction of sp³-hybridized carbons (Fsp3) is 0.143. The van der Waals surface area contributed by atoms with Crippen LogP contribution >= 0.6 is 0 Å².